The zero-order valence-electron chi connectivity index (χ0n) is 12.4. The van der Waals surface area contributed by atoms with Crippen LogP contribution in [0.2, 0.25) is 0 Å². The van der Waals surface area contributed by atoms with Gasteiger partial charge in [0.25, 0.3) is 5.91 Å². The van der Waals surface area contributed by atoms with Crippen LogP contribution in [0.3, 0.4) is 0 Å². The summed E-state index contributed by atoms with van der Waals surface area (Å²) in [5.41, 5.74) is 4.15. The standard InChI is InChI=1S/C16H25N3O/c1-12(2)11-19(15-5-3-4-6-15)16(20)13-7-9-14(18-17)10-8-13/h7-10,12,15,18H,3-6,11,17H2,1-2H3. The molecule has 4 heteroatoms. The van der Waals surface area contributed by atoms with Crippen molar-refractivity contribution in [3.8, 4) is 0 Å². The number of carbonyl (C=O) groups excluding carboxylic acids is 1. The second-order valence-corrected chi connectivity index (χ2v) is 6.01. The Labute approximate surface area is 121 Å². The number of nitrogen functional groups attached to an aromatic ring is 1. The van der Waals surface area contributed by atoms with Crippen molar-refractivity contribution in [1.82, 2.24) is 4.90 Å². The van der Waals surface area contributed by atoms with E-state index >= 15 is 0 Å². The molecular weight excluding hydrogens is 250 g/mol. The zero-order valence-corrected chi connectivity index (χ0v) is 12.4. The van der Waals surface area contributed by atoms with Crippen LogP contribution >= 0.6 is 0 Å². The van der Waals surface area contributed by atoms with Gasteiger partial charge in [0.15, 0.2) is 0 Å². The molecule has 1 aromatic rings. The summed E-state index contributed by atoms with van der Waals surface area (Å²) in [6.07, 6.45) is 4.76. The lowest BCUT2D eigenvalue weighted by molar-refractivity contribution is 0.0655. The fourth-order valence-corrected chi connectivity index (χ4v) is 2.88. The fourth-order valence-electron chi connectivity index (χ4n) is 2.88. The topological polar surface area (TPSA) is 58.4 Å². The van der Waals surface area contributed by atoms with Crippen molar-refractivity contribution < 1.29 is 4.79 Å². The number of carbonyl (C=O) groups is 1. The SMILES string of the molecule is CC(C)CN(C(=O)c1ccc(NN)cc1)C1CCCC1. The molecule has 110 valence electrons. The normalized spacial score (nSPS) is 15.6. The summed E-state index contributed by atoms with van der Waals surface area (Å²) in [4.78, 5) is 14.8. The number of rotatable bonds is 5. The molecule has 1 aliphatic carbocycles. The molecule has 0 unspecified atom stereocenters. The number of anilines is 1. The first-order valence-electron chi connectivity index (χ1n) is 7.49. The molecular formula is C16H25N3O. The van der Waals surface area contributed by atoms with E-state index in [1.165, 1.54) is 12.8 Å². The lowest BCUT2D eigenvalue weighted by Crippen LogP contribution is -2.41. The summed E-state index contributed by atoms with van der Waals surface area (Å²) >= 11 is 0. The van der Waals surface area contributed by atoms with Crippen LogP contribution in [-0.4, -0.2) is 23.4 Å². The maximum absolute atomic E-state index is 12.7. The van der Waals surface area contributed by atoms with Gasteiger partial charge >= 0.3 is 0 Å². The van der Waals surface area contributed by atoms with Crippen molar-refractivity contribution in [3.63, 3.8) is 0 Å². The highest BCUT2D eigenvalue weighted by Gasteiger charge is 2.27. The molecule has 1 amide bonds. The maximum atomic E-state index is 12.7. The minimum atomic E-state index is 0.147. The third-order valence-electron chi connectivity index (χ3n) is 3.89. The summed E-state index contributed by atoms with van der Waals surface area (Å²) in [7, 11) is 0. The highest BCUT2D eigenvalue weighted by molar-refractivity contribution is 5.94. The van der Waals surface area contributed by atoms with Crippen molar-refractivity contribution in [2.24, 2.45) is 11.8 Å². The second kappa shape index (κ2) is 6.75. The first-order chi connectivity index (χ1) is 9.61. The Balaban J connectivity index is 2.15. The Morgan fingerprint density at radius 1 is 1.30 bits per heavy atom. The largest absolute Gasteiger partial charge is 0.335 e. The van der Waals surface area contributed by atoms with Gasteiger partial charge < -0.3 is 10.3 Å². The number of nitrogens with two attached hydrogens (primary N) is 1. The quantitative estimate of drug-likeness (QED) is 0.641. The van der Waals surface area contributed by atoms with Crippen LogP contribution in [0.5, 0.6) is 0 Å². The number of nitrogens with zero attached hydrogens (tertiary/aromatic N) is 1. The molecule has 2 rings (SSSR count). The van der Waals surface area contributed by atoms with E-state index in [0.29, 0.717) is 12.0 Å². The van der Waals surface area contributed by atoms with Crippen molar-refractivity contribution in [2.45, 2.75) is 45.6 Å². The molecule has 0 heterocycles. The summed E-state index contributed by atoms with van der Waals surface area (Å²) < 4.78 is 0. The Hall–Kier alpha value is -1.55. The molecule has 1 saturated carbocycles. The fraction of sp³-hybridized carbons (Fsp3) is 0.562. The van der Waals surface area contributed by atoms with Gasteiger partial charge in [0.1, 0.15) is 0 Å². The van der Waals surface area contributed by atoms with Gasteiger partial charge in [-0.15, -0.1) is 0 Å². The van der Waals surface area contributed by atoms with E-state index in [2.05, 4.69) is 24.2 Å². The number of hydrogen-bond donors (Lipinski definition) is 2. The average molecular weight is 275 g/mol. The molecule has 0 aliphatic heterocycles. The van der Waals surface area contributed by atoms with Crippen LogP contribution < -0.4 is 11.3 Å². The van der Waals surface area contributed by atoms with Crippen LogP contribution in [0.4, 0.5) is 5.69 Å². The predicted octanol–water partition coefficient (Wildman–Crippen LogP) is 3.01. The summed E-state index contributed by atoms with van der Waals surface area (Å²) in [5.74, 6) is 5.99. The molecule has 1 fully saturated rings. The second-order valence-electron chi connectivity index (χ2n) is 6.01. The van der Waals surface area contributed by atoms with Crippen LogP contribution in [0, 0.1) is 5.92 Å². The smallest absolute Gasteiger partial charge is 0.254 e. The molecule has 0 radical (unpaired) electrons. The van der Waals surface area contributed by atoms with E-state index in [0.717, 1.165) is 30.6 Å². The van der Waals surface area contributed by atoms with Gasteiger partial charge in [0, 0.05) is 23.8 Å². The van der Waals surface area contributed by atoms with Crippen molar-refractivity contribution >= 4 is 11.6 Å². The molecule has 0 spiro atoms. The molecule has 0 bridgehead atoms. The van der Waals surface area contributed by atoms with E-state index in [-0.39, 0.29) is 5.91 Å². The molecule has 0 atom stereocenters. The minimum absolute atomic E-state index is 0.147. The Bertz CT molecular complexity index is 436. The molecule has 4 nitrogen and oxygen atoms in total. The molecule has 3 N–H and O–H groups in total. The summed E-state index contributed by atoms with van der Waals surface area (Å²) in [6.45, 7) is 5.16. The third kappa shape index (κ3) is 3.51. The first-order valence-corrected chi connectivity index (χ1v) is 7.49. The molecule has 1 aromatic carbocycles. The Morgan fingerprint density at radius 3 is 2.40 bits per heavy atom. The number of benzene rings is 1. The lowest BCUT2D eigenvalue weighted by atomic mass is 10.1. The van der Waals surface area contributed by atoms with Gasteiger partial charge in [-0.05, 0) is 43.0 Å². The minimum Gasteiger partial charge on any atom is -0.335 e. The summed E-state index contributed by atoms with van der Waals surface area (Å²) in [5, 5.41) is 0. The molecule has 0 saturated heterocycles. The third-order valence-corrected chi connectivity index (χ3v) is 3.89. The van der Waals surface area contributed by atoms with Crippen LogP contribution in [0.15, 0.2) is 24.3 Å². The maximum Gasteiger partial charge on any atom is 0.254 e. The molecule has 1 aliphatic rings. The zero-order chi connectivity index (χ0) is 14.5. The highest BCUT2D eigenvalue weighted by Crippen LogP contribution is 2.26. The van der Waals surface area contributed by atoms with Crippen molar-refractivity contribution in [1.29, 1.82) is 0 Å². The Kier molecular flexibility index (Phi) is 5.01. The van der Waals surface area contributed by atoms with Gasteiger partial charge in [-0.25, -0.2) is 0 Å². The molecule has 20 heavy (non-hydrogen) atoms. The number of hydrazine groups is 1. The van der Waals surface area contributed by atoms with Gasteiger partial charge in [-0.2, -0.15) is 0 Å². The van der Waals surface area contributed by atoms with E-state index in [1.807, 2.05) is 24.3 Å². The summed E-state index contributed by atoms with van der Waals surface area (Å²) in [6, 6.07) is 7.79. The van der Waals surface area contributed by atoms with Gasteiger partial charge in [-0.3, -0.25) is 10.6 Å². The van der Waals surface area contributed by atoms with E-state index in [4.69, 9.17) is 5.84 Å². The van der Waals surface area contributed by atoms with Crippen LogP contribution in [0.1, 0.15) is 49.9 Å². The van der Waals surface area contributed by atoms with Gasteiger partial charge in [-0.1, -0.05) is 26.7 Å². The van der Waals surface area contributed by atoms with Crippen LogP contribution in [-0.2, 0) is 0 Å². The van der Waals surface area contributed by atoms with E-state index in [9.17, 15) is 4.79 Å². The monoisotopic (exact) mass is 275 g/mol. The Morgan fingerprint density at radius 2 is 1.90 bits per heavy atom. The molecule has 0 aromatic heterocycles. The van der Waals surface area contributed by atoms with Gasteiger partial charge in [0.2, 0.25) is 0 Å². The number of amides is 1. The van der Waals surface area contributed by atoms with Crippen LogP contribution in [0.25, 0.3) is 0 Å². The van der Waals surface area contributed by atoms with Crippen molar-refractivity contribution in [3.05, 3.63) is 29.8 Å². The van der Waals surface area contributed by atoms with Crippen molar-refractivity contribution in [2.75, 3.05) is 12.0 Å². The number of nitrogens with one attached hydrogen (secondary N) is 1. The predicted molar refractivity (Wildman–Crippen MR) is 82.4 cm³/mol. The highest BCUT2D eigenvalue weighted by atomic mass is 16.2. The number of hydrogen-bond acceptors (Lipinski definition) is 3. The average Bonchev–Trinajstić information content (AvgIpc) is 2.98. The van der Waals surface area contributed by atoms with E-state index < -0.39 is 0 Å². The van der Waals surface area contributed by atoms with Gasteiger partial charge in [0.05, 0.1) is 0 Å². The first kappa shape index (κ1) is 14.9. The lowest BCUT2D eigenvalue weighted by Gasteiger charge is -2.30. The van der Waals surface area contributed by atoms with E-state index in [1.54, 1.807) is 0 Å².